The number of carbonyl (C=O) groups excluding carboxylic acids is 2. The second kappa shape index (κ2) is 6.84. The Hall–Kier alpha value is -2.70. The molecule has 0 aliphatic carbocycles. The average molecular weight is 298 g/mol. The molecule has 0 saturated heterocycles. The summed E-state index contributed by atoms with van der Waals surface area (Å²) in [7, 11) is 0. The first-order valence-corrected chi connectivity index (χ1v) is 6.77. The van der Waals surface area contributed by atoms with Crippen LogP contribution in [0.25, 0.3) is 0 Å². The van der Waals surface area contributed by atoms with Crippen molar-refractivity contribution < 1.29 is 9.59 Å². The molecular formula is C16H18N4O2. The fourth-order valence-corrected chi connectivity index (χ4v) is 2.37. The van der Waals surface area contributed by atoms with Crippen LogP contribution in [0, 0.1) is 0 Å². The maximum atomic E-state index is 12.5. The molecule has 0 heterocycles. The van der Waals surface area contributed by atoms with Crippen molar-refractivity contribution in [2.45, 2.75) is 12.5 Å². The van der Waals surface area contributed by atoms with Gasteiger partial charge in [-0.3, -0.25) is 15.6 Å². The summed E-state index contributed by atoms with van der Waals surface area (Å²) in [6, 6.07) is 17.7. The lowest BCUT2D eigenvalue weighted by Gasteiger charge is -2.33. The van der Waals surface area contributed by atoms with Crippen molar-refractivity contribution in [3.8, 4) is 0 Å². The maximum Gasteiger partial charge on any atom is 0.343 e. The first-order chi connectivity index (χ1) is 10.6. The number of Topliss-reactive ketones (excluding diaryl/α,β-unsaturated/α-hetero) is 1. The molecule has 0 aliphatic rings. The van der Waals surface area contributed by atoms with Crippen LogP contribution in [0.5, 0.6) is 0 Å². The van der Waals surface area contributed by atoms with Crippen LogP contribution >= 0.6 is 0 Å². The van der Waals surface area contributed by atoms with Crippen LogP contribution in [-0.4, -0.2) is 11.8 Å². The minimum atomic E-state index is -1.20. The summed E-state index contributed by atoms with van der Waals surface area (Å²) in [5, 5.41) is 0. The summed E-state index contributed by atoms with van der Waals surface area (Å²) in [6.45, 7) is 1.47. The first-order valence-electron chi connectivity index (χ1n) is 6.77. The highest BCUT2D eigenvalue weighted by atomic mass is 16.2. The van der Waals surface area contributed by atoms with Crippen LogP contribution in [-0.2, 0) is 10.3 Å². The highest BCUT2D eigenvalue weighted by Gasteiger charge is 2.39. The molecule has 0 aromatic heterocycles. The monoisotopic (exact) mass is 298 g/mol. The van der Waals surface area contributed by atoms with Gasteiger partial charge in [0.05, 0.1) is 0 Å². The van der Waals surface area contributed by atoms with Gasteiger partial charge in [-0.05, 0) is 18.1 Å². The van der Waals surface area contributed by atoms with Gasteiger partial charge < -0.3 is 0 Å². The molecule has 0 fully saturated rings. The average Bonchev–Trinajstić information content (AvgIpc) is 2.57. The van der Waals surface area contributed by atoms with Crippen molar-refractivity contribution in [3.63, 3.8) is 0 Å². The van der Waals surface area contributed by atoms with E-state index in [2.05, 4.69) is 10.9 Å². The highest BCUT2D eigenvalue weighted by molar-refractivity contribution is 5.91. The smallest absolute Gasteiger partial charge is 0.297 e. The normalized spacial score (nSPS) is 10.8. The Morgan fingerprint density at radius 2 is 1.36 bits per heavy atom. The van der Waals surface area contributed by atoms with Crippen LogP contribution in [0.2, 0.25) is 0 Å². The van der Waals surface area contributed by atoms with Crippen molar-refractivity contribution in [2.75, 3.05) is 0 Å². The van der Waals surface area contributed by atoms with Crippen LogP contribution in [0.3, 0.4) is 0 Å². The van der Waals surface area contributed by atoms with Crippen LogP contribution in [0.1, 0.15) is 18.1 Å². The van der Waals surface area contributed by atoms with Gasteiger partial charge in [-0.1, -0.05) is 60.7 Å². The lowest BCUT2D eigenvalue weighted by atomic mass is 9.80. The molecule has 2 rings (SSSR count). The van der Waals surface area contributed by atoms with E-state index in [1.807, 2.05) is 66.1 Å². The van der Waals surface area contributed by atoms with Crippen LogP contribution in [0.4, 0.5) is 4.79 Å². The third-order valence-corrected chi connectivity index (χ3v) is 3.44. The number of urea groups is 1. The molecule has 22 heavy (non-hydrogen) atoms. The molecule has 2 aromatic rings. The highest BCUT2D eigenvalue weighted by Crippen LogP contribution is 2.30. The number of nitrogens with two attached hydrogens (primary N) is 1. The largest absolute Gasteiger partial charge is 0.343 e. The standard InChI is InChI=1S/C16H18N4O2/c1-12(21)16(20-19-15(22)18-17,13-8-4-2-5-9-13)14-10-6-3-7-11-14/h2-11,20H,17H2,1H3,(H2,18,19,22). The summed E-state index contributed by atoms with van der Waals surface area (Å²) in [4.78, 5) is 23.9. The van der Waals surface area contributed by atoms with E-state index in [9.17, 15) is 9.59 Å². The van der Waals surface area contributed by atoms with Gasteiger partial charge in [0.15, 0.2) is 5.78 Å². The molecule has 0 bridgehead atoms. The molecule has 6 heteroatoms. The van der Waals surface area contributed by atoms with Crippen molar-refractivity contribution in [2.24, 2.45) is 5.84 Å². The van der Waals surface area contributed by atoms with Crippen LogP contribution < -0.4 is 22.1 Å². The van der Waals surface area contributed by atoms with Gasteiger partial charge in [0.2, 0.25) is 0 Å². The lowest BCUT2D eigenvalue weighted by molar-refractivity contribution is -0.122. The van der Waals surface area contributed by atoms with Crippen molar-refractivity contribution >= 4 is 11.8 Å². The van der Waals surface area contributed by atoms with Crippen molar-refractivity contribution in [1.82, 2.24) is 16.3 Å². The number of benzene rings is 2. The maximum absolute atomic E-state index is 12.5. The van der Waals surface area contributed by atoms with Crippen molar-refractivity contribution in [1.29, 1.82) is 0 Å². The molecule has 6 nitrogen and oxygen atoms in total. The Labute approximate surface area is 128 Å². The summed E-state index contributed by atoms with van der Waals surface area (Å²) in [5.41, 5.74) is 7.41. The number of carbonyl (C=O) groups is 2. The van der Waals surface area contributed by atoms with Gasteiger partial charge in [-0.25, -0.2) is 16.1 Å². The van der Waals surface area contributed by atoms with Gasteiger partial charge in [0, 0.05) is 0 Å². The molecule has 0 spiro atoms. The lowest BCUT2D eigenvalue weighted by Crippen LogP contribution is -2.59. The van der Waals surface area contributed by atoms with E-state index in [0.29, 0.717) is 11.1 Å². The summed E-state index contributed by atoms with van der Waals surface area (Å²) in [6.07, 6.45) is 0. The van der Waals surface area contributed by atoms with Gasteiger partial charge in [-0.15, -0.1) is 0 Å². The number of nitrogens with one attached hydrogen (secondary N) is 3. The first kappa shape index (κ1) is 15.7. The molecule has 2 amide bonds. The van der Waals surface area contributed by atoms with Crippen LogP contribution in [0.15, 0.2) is 60.7 Å². The van der Waals surface area contributed by atoms with Gasteiger partial charge in [0.25, 0.3) is 0 Å². The quantitative estimate of drug-likeness (QED) is 0.379. The number of ketones is 1. The number of amides is 2. The fourth-order valence-electron chi connectivity index (χ4n) is 2.37. The van der Waals surface area contributed by atoms with Gasteiger partial charge in [-0.2, -0.15) is 0 Å². The zero-order valence-corrected chi connectivity index (χ0v) is 12.2. The molecule has 0 aliphatic heterocycles. The molecule has 5 N–H and O–H groups in total. The minimum Gasteiger partial charge on any atom is -0.297 e. The molecule has 2 aromatic carbocycles. The third-order valence-electron chi connectivity index (χ3n) is 3.44. The van der Waals surface area contributed by atoms with Gasteiger partial charge >= 0.3 is 6.03 Å². The van der Waals surface area contributed by atoms with Crippen molar-refractivity contribution in [3.05, 3.63) is 71.8 Å². The SMILES string of the molecule is CC(=O)C(NNC(=O)NN)(c1ccccc1)c1ccccc1. The zero-order chi connectivity index (χ0) is 16.0. The molecule has 0 saturated carbocycles. The van der Waals surface area contributed by atoms with E-state index < -0.39 is 11.6 Å². The topological polar surface area (TPSA) is 96.2 Å². The summed E-state index contributed by atoms with van der Waals surface area (Å²) < 4.78 is 0. The summed E-state index contributed by atoms with van der Waals surface area (Å²) in [5.74, 6) is 4.90. The third kappa shape index (κ3) is 2.98. The van der Waals surface area contributed by atoms with E-state index in [1.165, 1.54) is 6.92 Å². The second-order valence-electron chi connectivity index (χ2n) is 4.76. The predicted molar refractivity (Wildman–Crippen MR) is 83.3 cm³/mol. The zero-order valence-electron chi connectivity index (χ0n) is 12.2. The molecule has 114 valence electrons. The molecular weight excluding hydrogens is 280 g/mol. The fraction of sp³-hybridized carbons (Fsp3) is 0.125. The Kier molecular flexibility index (Phi) is 4.88. The van der Waals surface area contributed by atoms with E-state index >= 15 is 0 Å². The van der Waals surface area contributed by atoms with E-state index in [1.54, 1.807) is 0 Å². The number of hydrazine groups is 2. The minimum absolute atomic E-state index is 0.165. The Balaban J connectivity index is 2.55. The van der Waals surface area contributed by atoms with E-state index in [0.717, 1.165) is 0 Å². The molecule has 0 radical (unpaired) electrons. The second-order valence-corrected chi connectivity index (χ2v) is 4.76. The van der Waals surface area contributed by atoms with Gasteiger partial charge in [0.1, 0.15) is 5.54 Å². The summed E-state index contributed by atoms with van der Waals surface area (Å²) >= 11 is 0. The Morgan fingerprint density at radius 3 is 1.73 bits per heavy atom. The Bertz CT molecular complexity index is 604. The molecule has 0 unspecified atom stereocenters. The van der Waals surface area contributed by atoms with E-state index in [4.69, 9.17) is 5.84 Å². The number of rotatable bonds is 5. The number of hydrogen-bond acceptors (Lipinski definition) is 4. The number of hydrogen-bond donors (Lipinski definition) is 4. The Morgan fingerprint density at radius 1 is 0.909 bits per heavy atom. The molecule has 0 atom stereocenters. The predicted octanol–water partition coefficient (Wildman–Crippen LogP) is 1.20. The van der Waals surface area contributed by atoms with E-state index in [-0.39, 0.29) is 5.78 Å².